The largest absolute Gasteiger partial charge is 0.573 e. The molecule has 1 fully saturated rings. The summed E-state index contributed by atoms with van der Waals surface area (Å²) in [5.74, 6) is -0.406. The van der Waals surface area contributed by atoms with Crippen LogP contribution < -0.4 is 4.74 Å². The smallest absolute Gasteiger partial charge is 0.406 e. The van der Waals surface area contributed by atoms with Crippen LogP contribution in [0.5, 0.6) is 5.75 Å². The number of benzene rings is 2. The van der Waals surface area contributed by atoms with Gasteiger partial charge < -0.3 is 4.74 Å². The molecule has 0 aliphatic heterocycles. The Morgan fingerprint density at radius 3 is 1.94 bits per heavy atom. The Morgan fingerprint density at radius 2 is 1.41 bits per heavy atom. The van der Waals surface area contributed by atoms with Gasteiger partial charge in [0.2, 0.25) is 0 Å². The van der Waals surface area contributed by atoms with Gasteiger partial charge in [-0.3, -0.25) is 0 Å². The van der Waals surface area contributed by atoms with Crippen LogP contribution >= 0.6 is 0 Å². The molecule has 1 aliphatic carbocycles. The molecule has 0 radical (unpaired) electrons. The van der Waals surface area contributed by atoms with Gasteiger partial charge in [0.05, 0.1) is 5.56 Å². The molecule has 0 spiro atoms. The second kappa shape index (κ2) is 11.2. The van der Waals surface area contributed by atoms with Gasteiger partial charge >= 0.3 is 6.36 Å². The zero-order valence-corrected chi connectivity index (χ0v) is 18.5. The Balaban J connectivity index is 1.56. The van der Waals surface area contributed by atoms with Crippen molar-refractivity contribution in [1.29, 1.82) is 0 Å². The molecule has 0 atom stereocenters. The molecule has 176 valence electrons. The van der Waals surface area contributed by atoms with Gasteiger partial charge in [0.1, 0.15) is 17.4 Å². The average molecular weight is 455 g/mol. The number of unbranched alkanes of at least 4 members (excludes halogenated alkanes) is 2. The number of aryl methyl sites for hydroxylation is 1. The molecule has 0 bridgehead atoms. The van der Waals surface area contributed by atoms with Crippen molar-refractivity contribution in [3.05, 3.63) is 53.6 Å². The van der Waals surface area contributed by atoms with Crippen LogP contribution in [0.4, 0.5) is 22.0 Å². The molecule has 2 aromatic carbocycles. The lowest BCUT2D eigenvalue weighted by molar-refractivity contribution is -0.274. The van der Waals surface area contributed by atoms with Crippen molar-refractivity contribution in [2.24, 2.45) is 11.8 Å². The average Bonchev–Trinajstić information content (AvgIpc) is 2.73. The van der Waals surface area contributed by atoms with E-state index in [-0.39, 0.29) is 11.1 Å². The van der Waals surface area contributed by atoms with E-state index in [9.17, 15) is 22.0 Å². The maximum atomic E-state index is 14.7. The van der Waals surface area contributed by atoms with E-state index in [4.69, 9.17) is 0 Å². The highest BCUT2D eigenvalue weighted by Crippen LogP contribution is 2.35. The summed E-state index contributed by atoms with van der Waals surface area (Å²) in [5, 5.41) is 0. The van der Waals surface area contributed by atoms with Crippen LogP contribution in [0, 0.1) is 23.5 Å². The van der Waals surface area contributed by atoms with Gasteiger partial charge in [-0.1, -0.05) is 70.4 Å². The van der Waals surface area contributed by atoms with Crippen LogP contribution in [-0.2, 0) is 6.42 Å². The summed E-state index contributed by atoms with van der Waals surface area (Å²) < 4.78 is 70.0. The van der Waals surface area contributed by atoms with Gasteiger partial charge in [-0.25, -0.2) is 8.78 Å². The number of ether oxygens (including phenoxy) is 1. The monoisotopic (exact) mass is 454 g/mol. The van der Waals surface area contributed by atoms with Crippen LogP contribution in [0.25, 0.3) is 11.1 Å². The minimum absolute atomic E-state index is 0.169. The first-order chi connectivity index (χ1) is 15.2. The number of alkyl halides is 3. The van der Waals surface area contributed by atoms with E-state index in [0.29, 0.717) is 17.9 Å². The van der Waals surface area contributed by atoms with Crippen molar-refractivity contribution in [1.82, 2.24) is 0 Å². The van der Waals surface area contributed by atoms with Crippen molar-refractivity contribution in [3.8, 4) is 16.9 Å². The first-order valence-electron chi connectivity index (χ1n) is 11.6. The van der Waals surface area contributed by atoms with Crippen LogP contribution in [-0.4, -0.2) is 6.36 Å². The van der Waals surface area contributed by atoms with E-state index >= 15 is 0 Å². The second-order valence-electron chi connectivity index (χ2n) is 8.93. The Labute approximate surface area is 187 Å². The van der Waals surface area contributed by atoms with Crippen molar-refractivity contribution in [2.75, 3.05) is 0 Å². The van der Waals surface area contributed by atoms with Gasteiger partial charge in [-0.15, -0.1) is 13.2 Å². The van der Waals surface area contributed by atoms with E-state index < -0.39 is 23.7 Å². The number of hydrogen-bond donors (Lipinski definition) is 0. The van der Waals surface area contributed by atoms with Crippen molar-refractivity contribution in [3.63, 3.8) is 0 Å². The molecule has 1 nitrogen and oxygen atoms in total. The molecule has 0 N–H and O–H groups in total. The normalized spacial score (nSPS) is 19.2. The van der Waals surface area contributed by atoms with Crippen LogP contribution in [0.3, 0.4) is 0 Å². The van der Waals surface area contributed by atoms with Crippen molar-refractivity contribution < 1.29 is 26.7 Å². The summed E-state index contributed by atoms with van der Waals surface area (Å²) in [5.41, 5.74) is 0.549. The Hall–Kier alpha value is -2.11. The maximum absolute atomic E-state index is 14.7. The van der Waals surface area contributed by atoms with Crippen LogP contribution in [0.15, 0.2) is 36.4 Å². The van der Waals surface area contributed by atoms with Crippen molar-refractivity contribution in [2.45, 2.75) is 77.5 Å². The standard InChI is InChI=1S/C26H31F5O/c1-2-3-4-5-18-6-8-19(9-7-18)10-11-20-16-23(27)25(24(28)17-20)21-12-14-22(15-13-21)32-26(29,30)31/h12-19H,2-11H2,1H3/t18-,19-. The molecular weight excluding hydrogens is 423 g/mol. The molecule has 6 heteroatoms. The highest BCUT2D eigenvalue weighted by Gasteiger charge is 2.31. The Morgan fingerprint density at radius 1 is 0.844 bits per heavy atom. The van der Waals surface area contributed by atoms with Crippen molar-refractivity contribution >= 4 is 0 Å². The van der Waals surface area contributed by atoms with Gasteiger partial charge in [0.25, 0.3) is 0 Å². The Bertz CT molecular complexity index is 829. The summed E-state index contributed by atoms with van der Waals surface area (Å²) in [6.07, 6.45) is 6.80. The lowest BCUT2D eigenvalue weighted by Gasteiger charge is -2.28. The molecule has 0 unspecified atom stereocenters. The fourth-order valence-corrected chi connectivity index (χ4v) is 4.73. The molecular formula is C26H31F5O. The van der Waals surface area contributed by atoms with Gasteiger partial charge in [-0.05, 0) is 60.1 Å². The van der Waals surface area contributed by atoms with E-state index in [2.05, 4.69) is 11.7 Å². The highest BCUT2D eigenvalue weighted by atomic mass is 19.4. The lowest BCUT2D eigenvalue weighted by Crippen LogP contribution is -2.16. The van der Waals surface area contributed by atoms with E-state index in [1.54, 1.807) is 0 Å². The maximum Gasteiger partial charge on any atom is 0.573 e. The fraction of sp³-hybridized carbons (Fsp3) is 0.538. The molecule has 0 heterocycles. The zero-order valence-electron chi connectivity index (χ0n) is 18.5. The molecule has 0 aromatic heterocycles. The molecule has 32 heavy (non-hydrogen) atoms. The minimum atomic E-state index is -4.81. The van der Waals surface area contributed by atoms with Gasteiger partial charge in [0, 0.05) is 0 Å². The van der Waals surface area contributed by atoms with Crippen LogP contribution in [0.1, 0.15) is 70.3 Å². The molecule has 1 aliphatic rings. The number of halogens is 5. The topological polar surface area (TPSA) is 9.23 Å². The third-order valence-electron chi connectivity index (χ3n) is 6.50. The first kappa shape index (κ1) is 24.5. The number of hydrogen-bond acceptors (Lipinski definition) is 1. The summed E-state index contributed by atoms with van der Waals surface area (Å²) in [6.45, 7) is 2.22. The van der Waals surface area contributed by atoms with E-state index in [0.717, 1.165) is 24.5 Å². The zero-order chi connectivity index (χ0) is 23.1. The third kappa shape index (κ3) is 7.21. The lowest BCUT2D eigenvalue weighted by atomic mass is 9.77. The highest BCUT2D eigenvalue weighted by molar-refractivity contribution is 5.66. The molecule has 1 saturated carbocycles. The fourth-order valence-electron chi connectivity index (χ4n) is 4.73. The third-order valence-corrected chi connectivity index (χ3v) is 6.50. The summed E-state index contributed by atoms with van der Waals surface area (Å²) in [4.78, 5) is 0. The molecule has 0 saturated heterocycles. The second-order valence-corrected chi connectivity index (χ2v) is 8.93. The minimum Gasteiger partial charge on any atom is -0.406 e. The predicted molar refractivity (Wildman–Crippen MR) is 116 cm³/mol. The van der Waals surface area contributed by atoms with Crippen LogP contribution in [0.2, 0.25) is 0 Å². The van der Waals surface area contributed by atoms with Gasteiger partial charge in [0.15, 0.2) is 0 Å². The Kier molecular flexibility index (Phi) is 8.55. The molecule has 3 rings (SSSR count). The van der Waals surface area contributed by atoms with E-state index in [1.165, 1.54) is 75.6 Å². The molecule has 0 amide bonds. The quantitative estimate of drug-likeness (QED) is 0.272. The summed E-state index contributed by atoms with van der Waals surface area (Å²) in [7, 11) is 0. The van der Waals surface area contributed by atoms with Gasteiger partial charge in [-0.2, -0.15) is 0 Å². The molecule has 2 aromatic rings. The summed E-state index contributed by atoms with van der Waals surface area (Å²) in [6, 6.07) is 7.23. The summed E-state index contributed by atoms with van der Waals surface area (Å²) >= 11 is 0. The first-order valence-corrected chi connectivity index (χ1v) is 11.6. The van der Waals surface area contributed by atoms with E-state index in [1.807, 2.05) is 0 Å². The predicted octanol–water partition coefficient (Wildman–Crippen LogP) is 8.85. The SMILES string of the molecule is CCCCC[C@H]1CC[C@H](CCc2cc(F)c(-c3ccc(OC(F)(F)F)cc3)c(F)c2)CC1. The number of rotatable bonds is 9.